The van der Waals surface area contributed by atoms with Crippen LogP contribution in [-0.2, 0) is 9.53 Å². The summed E-state index contributed by atoms with van der Waals surface area (Å²) in [5.41, 5.74) is 3.27. The Hall–Kier alpha value is -2.34. The third-order valence-electron chi connectivity index (χ3n) is 4.97. The quantitative estimate of drug-likeness (QED) is 0.774. The predicted molar refractivity (Wildman–Crippen MR) is 107 cm³/mol. The molecule has 1 aliphatic heterocycles. The second kappa shape index (κ2) is 7.72. The van der Waals surface area contributed by atoms with E-state index in [9.17, 15) is 4.79 Å². The molecule has 2 unspecified atom stereocenters. The fourth-order valence-electron chi connectivity index (χ4n) is 3.82. The molecule has 0 bridgehead atoms. The first kappa shape index (κ1) is 19.4. The van der Waals surface area contributed by atoms with Gasteiger partial charge in [-0.25, -0.2) is 4.68 Å². The Morgan fingerprint density at radius 2 is 1.93 bits per heavy atom. The van der Waals surface area contributed by atoms with Gasteiger partial charge in [-0.2, -0.15) is 5.10 Å². The van der Waals surface area contributed by atoms with Crippen molar-refractivity contribution >= 4 is 12.0 Å². The number of rotatable bonds is 4. The number of ether oxygens (including phenoxy) is 1. The third kappa shape index (κ3) is 4.00. The van der Waals surface area contributed by atoms with Gasteiger partial charge in [0.25, 0.3) is 0 Å². The van der Waals surface area contributed by atoms with Crippen molar-refractivity contribution in [1.29, 1.82) is 0 Å². The number of carbonyl (C=O) groups excluding carboxylic acids is 1. The smallest absolute Gasteiger partial charge is 0.246 e. The van der Waals surface area contributed by atoms with Crippen LogP contribution in [0.3, 0.4) is 0 Å². The summed E-state index contributed by atoms with van der Waals surface area (Å²) in [5, 5.41) is 4.44. The van der Waals surface area contributed by atoms with Crippen molar-refractivity contribution in [3.8, 4) is 5.82 Å². The average Bonchev–Trinajstić information content (AvgIpc) is 3.16. The van der Waals surface area contributed by atoms with E-state index >= 15 is 0 Å². The summed E-state index contributed by atoms with van der Waals surface area (Å²) in [6.45, 7) is 13.7. The maximum atomic E-state index is 12.6. The lowest BCUT2D eigenvalue weighted by atomic mass is 10.2. The molecule has 1 amide bonds. The molecule has 0 aliphatic carbocycles. The maximum Gasteiger partial charge on any atom is 0.246 e. The van der Waals surface area contributed by atoms with Crippen LogP contribution in [0.2, 0.25) is 0 Å². The van der Waals surface area contributed by atoms with Crippen LogP contribution in [0.25, 0.3) is 11.9 Å². The minimum Gasteiger partial charge on any atom is -0.372 e. The zero-order chi connectivity index (χ0) is 19.7. The summed E-state index contributed by atoms with van der Waals surface area (Å²) in [6.07, 6.45) is 5.58. The lowest BCUT2D eigenvalue weighted by molar-refractivity contribution is -0.137. The van der Waals surface area contributed by atoms with Gasteiger partial charge in [0.1, 0.15) is 5.82 Å². The molecule has 6 nitrogen and oxygen atoms in total. The summed E-state index contributed by atoms with van der Waals surface area (Å²) in [4.78, 5) is 14.5. The van der Waals surface area contributed by atoms with Gasteiger partial charge in [0.15, 0.2) is 0 Å². The molecule has 0 spiro atoms. The topological polar surface area (TPSA) is 52.3 Å². The Morgan fingerprint density at radius 1 is 1.26 bits per heavy atom. The number of morpholine rings is 1. The summed E-state index contributed by atoms with van der Waals surface area (Å²) in [7, 11) is 0. The fraction of sp³-hybridized carbons (Fsp3) is 0.524. The number of carbonyl (C=O) groups is 1. The second-order valence-electron chi connectivity index (χ2n) is 7.72. The van der Waals surface area contributed by atoms with Crippen LogP contribution >= 0.6 is 0 Å². The number of aromatic nitrogens is 3. The van der Waals surface area contributed by atoms with E-state index in [1.165, 1.54) is 0 Å². The Labute approximate surface area is 161 Å². The number of amides is 1. The summed E-state index contributed by atoms with van der Waals surface area (Å²) in [5.74, 6) is 1.08. The van der Waals surface area contributed by atoms with Crippen LogP contribution in [0, 0.1) is 13.8 Å². The summed E-state index contributed by atoms with van der Waals surface area (Å²) in [6, 6.07) is 4.42. The second-order valence-corrected chi connectivity index (χ2v) is 7.72. The van der Waals surface area contributed by atoms with E-state index in [0.29, 0.717) is 13.1 Å². The lowest BCUT2D eigenvalue weighted by Crippen LogP contribution is -2.47. The zero-order valence-corrected chi connectivity index (χ0v) is 17.1. The number of hydrogen-bond acceptors (Lipinski definition) is 3. The normalized spacial score (nSPS) is 20.8. The molecule has 0 aromatic carbocycles. The first-order valence-electron chi connectivity index (χ1n) is 9.63. The van der Waals surface area contributed by atoms with Gasteiger partial charge < -0.3 is 14.2 Å². The highest BCUT2D eigenvalue weighted by molar-refractivity contribution is 5.92. The van der Waals surface area contributed by atoms with Crippen molar-refractivity contribution in [2.45, 2.75) is 59.8 Å². The molecule has 6 heteroatoms. The van der Waals surface area contributed by atoms with Crippen LogP contribution in [-0.4, -0.2) is 50.5 Å². The summed E-state index contributed by atoms with van der Waals surface area (Å²) < 4.78 is 9.91. The molecule has 27 heavy (non-hydrogen) atoms. The molecule has 146 valence electrons. The zero-order valence-electron chi connectivity index (χ0n) is 17.1. The summed E-state index contributed by atoms with van der Waals surface area (Å²) >= 11 is 0. The molecule has 0 radical (unpaired) electrons. The molecular formula is C21H30N4O2. The van der Waals surface area contributed by atoms with E-state index in [1.54, 1.807) is 6.08 Å². The van der Waals surface area contributed by atoms with Crippen molar-refractivity contribution in [3.05, 3.63) is 41.4 Å². The molecular weight excluding hydrogens is 340 g/mol. The van der Waals surface area contributed by atoms with Crippen LogP contribution in [0.1, 0.15) is 50.7 Å². The van der Waals surface area contributed by atoms with Crippen LogP contribution in [0.5, 0.6) is 0 Å². The highest BCUT2D eigenvalue weighted by atomic mass is 16.5. The molecule has 1 aliphatic rings. The van der Waals surface area contributed by atoms with E-state index in [-0.39, 0.29) is 24.2 Å². The van der Waals surface area contributed by atoms with E-state index < -0.39 is 0 Å². The van der Waals surface area contributed by atoms with Crippen molar-refractivity contribution in [1.82, 2.24) is 19.2 Å². The van der Waals surface area contributed by atoms with Gasteiger partial charge in [-0.05, 0) is 59.2 Å². The highest BCUT2D eigenvalue weighted by Gasteiger charge is 2.24. The number of hydrogen-bond donors (Lipinski definition) is 0. The predicted octanol–water partition coefficient (Wildman–Crippen LogP) is 3.52. The van der Waals surface area contributed by atoms with E-state index in [1.807, 2.05) is 41.8 Å². The maximum absolute atomic E-state index is 12.6. The molecule has 2 aromatic heterocycles. The van der Waals surface area contributed by atoms with Gasteiger partial charge in [-0.1, -0.05) is 0 Å². The van der Waals surface area contributed by atoms with Crippen LogP contribution in [0.15, 0.2) is 24.4 Å². The third-order valence-corrected chi connectivity index (χ3v) is 4.97. The fourth-order valence-corrected chi connectivity index (χ4v) is 3.82. The van der Waals surface area contributed by atoms with Crippen molar-refractivity contribution in [2.75, 3.05) is 13.1 Å². The van der Waals surface area contributed by atoms with Gasteiger partial charge >= 0.3 is 0 Å². The Balaban J connectivity index is 1.83. The first-order valence-corrected chi connectivity index (χ1v) is 9.63. The van der Waals surface area contributed by atoms with Gasteiger partial charge in [-0.15, -0.1) is 0 Å². The molecule has 0 N–H and O–H groups in total. The Kier molecular flexibility index (Phi) is 5.56. The molecule has 2 aromatic rings. The molecule has 1 saturated heterocycles. The van der Waals surface area contributed by atoms with E-state index in [2.05, 4.69) is 43.4 Å². The lowest BCUT2D eigenvalue weighted by Gasteiger charge is -2.34. The van der Waals surface area contributed by atoms with Crippen molar-refractivity contribution in [2.24, 2.45) is 0 Å². The molecule has 3 heterocycles. The molecule has 3 rings (SSSR count). The molecule has 2 atom stereocenters. The Morgan fingerprint density at radius 3 is 2.56 bits per heavy atom. The van der Waals surface area contributed by atoms with Gasteiger partial charge in [0.05, 0.1) is 18.4 Å². The number of aryl methyl sites for hydroxylation is 1. The minimum absolute atomic E-state index is 0.0361. The highest BCUT2D eigenvalue weighted by Crippen LogP contribution is 2.23. The first-order chi connectivity index (χ1) is 12.8. The van der Waals surface area contributed by atoms with Gasteiger partial charge in [0, 0.05) is 42.7 Å². The number of nitrogens with zero attached hydrogens (tertiary/aromatic N) is 4. The van der Waals surface area contributed by atoms with Crippen LogP contribution in [0.4, 0.5) is 0 Å². The largest absolute Gasteiger partial charge is 0.372 e. The molecule has 0 saturated carbocycles. The SMILES string of the molecule is Cc1cc(/C=C/C(=O)N2CC(C)OC(C)C2)c(C)n1-c1ccnn1C(C)C. The monoisotopic (exact) mass is 370 g/mol. The average molecular weight is 370 g/mol. The van der Waals surface area contributed by atoms with Crippen molar-refractivity contribution < 1.29 is 9.53 Å². The van der Waals surface area contributed by atoms with E-state index in [4.69, 9.17) is 4.74 Å². The minimum atomic E-state index is 0.0361. The molecule has 1 fully saturated rings. The van der Waals surface area contributed by atoms with Gasteiger partial charge in [0.2, 0.25) is 5.91 Å². The van der Waals surface area contributed by atoms with Crippen LogP contribution < -0.4 is 0 Å². The standard InChI is InChI=1S/C21H30N4O2/c1-14(2)25-20(9-10-22-25)24-15(3)11-19(18(24)6)7-8-21(26)23-12-16(4)27-17(5)13-23/h7-11,14,16-17H,12-13H2,1-6H3/b8-7+. The Bertz CT molecular complexity index is 836. The van der Waals surface area contributed by atoms with E-state index in [0.717, 1.165) is 22.8 Å². The van der Waals surface area contributed by atoms with Crippen molar-refractivity contribution in [3.63, 3.8) is 0 Å². The van der Waals surface area contributed by atoms with Gasteiger partial charge in [-0.3, -0.25) is 4.79 Å².